The highest BCUT2D eigenvalue weighted by atomic mass is 35.5. The van der Waals surface area contributed by atoms with Gasteiger partial charge in [0.25, 0.3) is 0 Å². The Balaban J connectivity index is 1.29. The van der Waals surface area contributed by atoms with Crippen molar-refractivity contribution in [3.05, 3.63) is 52.0 Å². The lowest BCUT2D eigenvalue weighted by Crippen LogP contribution is -2.78. The van der Waals surface area contributed by atoms with Crippen LogP contribution in [0.4, 0.5) is 5.69 Å². The van der Waals surface area contributed by atoms with E-state index in [1.807, 2.05) is 6.07 Å². The van der Waals surface area contributed by atoms with Crippen LogP contribution in [-0.2, 0) is 26.2 Å². The lowest BCUT2D eigenvalue weighted by molar-refractivity contribution is -0.197. The minimum atomic E-state index is -1.43. The molecule has 2 heterocycles. The molecule has 204 valence electrons. The normalized spacial score (nSPS) is 32.3. The standard InChI is InChI=1S/C29H29ClN2O7/c1-38-27(36)17-11-16(30)5-6-19(17)31-26(35)18-12-29(37)21-10-15-4-7-20(33)24-22(15)28(29,25(39-24)23(18)34)8-9-32(21)13-14-2-3-14/h4-7,11,14,18,21,25,33,37H,2-3,8-10,12-13H2,1H3,(H,31,35)/t18?,21-,25+,28+,29-/m1/s1. The van der Waals surface area contributed by atoms with E-state index in [1.54, 1.807) is 6.07 Å². The smallest absolute Gasteiger partial charge is 0.340 e. The number of phenols is 1. The number of hydrogen-bond acceptors (Lipinski definition) is 8. The summed E-state index contributed by atoms with van der Waals surface area (Å²) in [6, 6.07) is 7.54. The molecule has 7 rings (SSSR count). The van der Waals surface area contributed by atoms with Crippen LogP contribution in [0, 0.1) is 11.8 Å². The first-order valence-electron chi connectivity index (χ1n) is 13.4. The van der Waals surface area contributed by atoms with Crippen LogP contribution in [0.5, 0.6) is 11.5 Å². The van der Waals surface area contributed by atoms with Crippen molar-refractivity contribution in [3.8, 4) is 11.5 Å². The van der Waals surface area contributed by atoms with Gasteiger partial charge in [-0.3, -0.25) is 14.5 Å². The van der Waals surface area contributed by atoms with Crippen LogP contribution in [0.2, 0.25) is 5.02 Å². The van der Waals surface area contributed by atoms with Gasteiger partial charge in [-0.1, -0.05) is 17.7 Å². The van der Waals surface area contributed by atoms with E-state index in [-0.39, 0.29) is 40.2 Å². The van der Waals surface area contributed by atoms with Crippen molar-refractivity contribution < 1.29 is 34.1 Å². The molecule has 5 aliphatic rings. The van der Waals surface area contributed by atoms with Crippen molar-refractivity contribution in [3.63, 3.8) is 0 Å². The molecule has 1 spiro atoms. The number of ketones is 1. The van der Waals surface area contributed by atoms with Gasteiger partial charge in [0.05, 0.1) is 29.4 Å². The van der Waals surface area contributed by atoms with E-state index in [0.717, 1.165) is 17.7 Å². The summed E-state index contributed by atoms with van der Waals surface area (Å²) in [5, 5.41) is 26.4. The number of rotatable bonds is 5. The SMILES string of the molecule is COC(=O)c1cc(Cl)ccc1NC(=O)C1C[C@@]2(O)[C@H]3Cc4ccc(O)c5c4[C@@]2(CCN3CC2CC2)[C@@H](O5)C1=O. The first kappa shape index (κ1) is 24.9. The zero-order chi connectivity index (χ0) is 27.3. The van der Waals surface area contributed by atoms with E-state index in [2.05, 4.69) is 10.2 Å². The van der Waals surface area contributed by atoms with Crippen molar-refractivity contribution >= 4 is 34.9 Å². The van der Waals surface area contributed by atoms with Crippen molar-refractivity contribution in [2.24, 2.45) is 11.8 Å². The molecule has 0 aromatic heterocycles. The number of carbonyl (C=O) groups is 3. The number of piperidine rings is 1. The number of likely N-dealkylation sites (tertiary alicyclic amines) is 1. The van der Waals surface area contributed by atoms with Crippen LogP contribution in [0.25, 0.3) is 0 Å². The Morgan fingerprint density at radius 3 is 2.79 bits per heavy atom. The average Bonchev–Trinajstić information content (AvgIpc) is 3.66. The molecule has 2 aliphatic heterocycles. The molecule has 39 heavy (non-hydrogen) atoms. The largest absolute Gasteiger partial charge is 0.504 e. The molecule has 1 unspecified atom stereocenters. The number of anilines is 1. The highest BCUT2D eigenvalue weighted by Gasteiger charge is 2.75. The van der Waals surface area contributed by atoms with E-state index in [0.29, 0.717) is 25.3 Å². The number of esters is 1. The third-order valence-corrected chi connectivity index (χ3v) is 9.83. The molecule has 3 N–H and O–H groups in total. The molecular formula is C29H29ClN2O7. The van der Waals surface area contributed by atoms with Crippen molar-refractivity contribution in [2.75, 3.05) is 25.5 Å². The van der Waals surface area contributed by atoms with Crippen LogP contribution in [-0.4, -0.2) is 70.7 Å². The maximum absolute atomic E-state index is 14.0. The third kappa shape index (κ3) is 3.36. The number of carbonyl (C=O) groups excluding carboxylic acids is 3. The quantitative estimate of drug-likeness (QED) is 0.382. The number of nitrogens with zero attached hydrogens (tertiary/aromatic N) is 1. The van der Waals surface area contributed by atoms with Gasteiger partial charge in [0.1, 0.15) is 5.92 Å². The summed E-state index contributed by atoms with van der Waals surface area (Å²) < 4.78 is 11.0. The summed E-state index contributed by atoms with van der Waals surface area (Å²) in [4.78, 5) is 42.4. The number of phenolic OH excluding ortho intramolecular Hbond substituents is 1. The molecule has 1 amide bonds. The molecule has 1 saturated heterocycles. The fourth-order valence-corrected chi connectivity index (χ4v) is 7.82. The Morgan fingerprint density at radius 2 is 2.05 bits per heavy atom. The molecule has 2 aromatic carbocycles. The Bertz CT molecular complexity index is 1440. The molecule has 3 aliphatic carbocycles. The summed E-state index contributed by atoms with van der Waals surface area (Å²) in [5.41, 5.74) is -0.565. The molecule has 2 aromatic rings. The lowest BCUT2D eigenvalue weighted by Gasteiger charge is -2.63. The van der Waals surface area contributed by atoms with Crippen LogP contribution >= 0.6 is 11.6 Å². The molecule has 3 fully saturated rings. The van der Waals surface area contributed by atoms with Gasteiger partial charge in [-0.05, 0) is 74.4 Å². The van der Waals surface area contributed by atoms with E-state index in [1.165, 1.54) is 38.2 Å². The number of amides is 1. The Labute approximate surface area is 230 Å². The second-order valence-corrected chi connectivity index (χ2v) is 12.0. The number of benzene rings is 2. The molecule has 0 radical (unpaired) electrons. The molecule has 5 atom stereocenters. The number of hydrogen-bond donors (Lipinski definition) is 3. The van der Waals surface area contributed by atoms with Crippen LogP contribution in [0.15, 0.2) is 30.3 Å². The first-order valence-corrected chi connectivity index (χ1v) is 13.8. The lowest BCUT2D eigenvalue weighted by atomic mass is 9.47. The van der Waals surface area contributed by atoms with Crippen LogP contribution in [0.1, 0.15) is 47.2 Å². The number of nitrogens with one attached hydrogen (secondary N) is 1. The van der Waals surface area contributed by atoms with Gasteiger partial charge >= 0.3 is 5.97 Å². The van der Waals surface area contributed by atoms with E-state index < -0.39 is 40.7 Å². The number of ether oxygens (including phenoxy) is 2. The molecular weight excluding hydrogens is 524 g/mol. The molecule has 9 nitrogen and oxygen atoms in total. The molecule has 2 saturated carbocycles. The third-order valence-electron chi connectivity index (χ3n) is 9.59. The number of halogens is 1. The van der Waals surface area contributed by atoms with Crippen LogP contribution < -0.4 is 10.1 Å². The first-order chi connectivity index (χ1) is 18.7. The summed E-state index contributed by atoms with van der Waals surface area (Å²) in [6.07, 6.45) is 2.17. The Kier molecular flexibility index (Phi) is 5.37. The number of aromatic hydroxyl groups is 1. The summed E-state index contributed by atoms with van der Waals surface area (Å²) in [5.74, 6) is -2.23. The molecule has 10 heteroatoms. The minimum Gasteiger partial charge on any atom is -0.504 e. The monoisotopic (exact) mass is 552 g/mol. The topological polar surface area (TPSA) is 125 Å². The van der Waals surface area contributed by atoms with Crippen molar-refractivity contribution in [2.45, 2.75) is 55.3 Å². The van der Waals surface area contributed by atoms with Gasteiger partial charge in [-0.25, -0.2) is 4.79 Å². The summed E-state index contributed by atoms with van der Waals surface area (Å²) in [7, 11) is 1.22. The minimum absolute atomic E-state index is 0.0565. The van der Waals surface area contributed by atoms with Gasteiger partial charge in [-0.2, -0.15) is 0 Å². The van der Waals surface area contributed by atoms with Gasteiger partial charge in [0.15, 0.2) is 23.4 Å². The van der Waals surface area contributed by atoms with E-state index >= 15 is 0 Å². The maximum Gasteiger partial charge on any atom is 0.340 e. The highest BCUT2D eigenvalue weighted by molar-refractivity contribution is 6.31. The summed E-state index contributed by atoms with van der Waals surface area (Å²) >= 11 is 6.06. The predicted octanol–water partition coefficient (Wildman–Crippen LogP) is 2.83. The fourth-order valence-electron chi connectivity index (χ4n) is 7.65. The zero-order valence-electron chi connectivity index (χ0n) is 21.4. The van der Waals surface area contributed by atoms with Gasteiger partial charge in [-0.15, -0.1) is 0 Å². The number of Topliss-reactive ketones (excluding diaryl/α,β-unsaturated/α-hetero) is 1. The van der Waals surface area contributed by atoms with Crippen molar-refractivity contribution in [1.29, 1.82) is 0 Å². The van der Waals surface area contributed by atoms with Crippen LogP contribution in [0.3, 0.4) is 0 Å². The van der Waals surface area contributed by atoms with Gasteiger partial charge in [0, 0.05) is 23.2 Å². The Morgan fingerprint density at radius 1 is 1.26 bits per heavy atom. The van der Waals surface area contributed by atoms with Gasteiger partial charge < -0.3 is 25.0 Å². The average molecular weight is 553 g/mol. The number of aliphatic hydroxyl groups is 1. The number of methoxy groups -OCH3 is 1. The second kappa shape index (κ2) is 8.43. The zero-order valence-corrected chi connectivity index (χ0v) is 22.2. The van der Waals surface area contributed by atoms with Gasteiger partial charge in [0.2, 0.25) is 5.91 Å². The Hall–Kier alpha value is -3.14. The predicted molar refractivity (Wildman–Crippen MR) is 140 cm³/mol. The molecule has 2 bridgehead atoms. The second-order valence-electron chi connectivity index (χ2n) is 11.6. The maximum atomic E-state index is 14.0. The van der Waals surface area contributed by atoms with Crippen molar-refractivity contribution in [1.82, 2.24) is 4.90 Å². The highest BCUT2D eigenvalue weighted by Crippen LogP contribution is 2.65. The summed E-state index contributed by atoms with van der Waals surface area (Å²) in [6.45, 7) is 1.57. The van der Waals surface area contributed by atoms with E-state index in [9.17, 15) is 24.6 Å². The van der Waals surface area contributed by atoms with E-state index in [4.69, 9.17) is 21.1 Å². The fraction of sp³-hybridized carbons (Fsp3) is 0.483.